The van der Waals surface area contributed by atoms with E-state index in [1.807, 2.05) is 42.5 Å². The fourth-order valence-corrected chi connectivity index (χ4v) is 3.90. The first-order chi connectivity index (χ1) is 15.5. The Morgan fingerprint density at radius 1 is 0.938 bits per heavy atom. The molecule has 0 fully saturated rings. The molecule has 0 aliphatic carbocycles. The molecule has 0 aliphatic heterocycles. The van der Waals surface area contributed by atoms with E-state index in [1.165, 1.54) is 0 Å². The van der Waals surface area contributed by atoms with E-state index in [-0.39, 0.29) is 11.5 Å². The van der Waals surface area contributed by atoms with Crippen molar-refractivity contribution in [2.24, 2.45) is 0 Å². The van der Waals surface area contributed by atoms with Gasteiger partial charge in [0, 0.05) is 12.6 Å². The standard InChI is InChI=1S/C25H21N5O2/c1-16-26-20-8-4-3-7-19(20)25(32)30(16)18-13-11-17(12-14-18)24(31)29(2)15-23-27-21-9-5-6-10-22(21)28-23/h3-14H,15H2,1-2H3,(H,27,28). The number of carbonyl (C=O) groups excluding carboxylic acids is 1. The number of fused-ring (bicyclic) bond motifs is 2. The number of nitrogens with one attached hydrogen (secondary N) is 1. The van der Waals surface area contributed by atoms with Crippen molar-refractivity contribution in [3.05, 3.63) is 100 Å². The number of benzene rings is 3. The molecule has 0 radical (unpaired) electrons. The number of rotatable bonds is 4. The van der Waals surface area contributed by atoms with Crippen molar-refractivity contribution < 1.29 is 4.79 Å². The summed E-state index contributed by atoms with van der Waals surface area (Å²) in [5.74, 6) is 1.19. The number of H-pyrrole nitrogens is 1. The van der Waals surface area contributed by atoms with Crippen molar-refractivity contribution in [2.75, 3.05) is 7.05 Å². The molecule has 3 aromatic carbocycles. The molecule has 1 N–H and O–H groups in total. The molecule has 0 aliphatic rings. The number of aromatic amines is 1. The van der Waals surface area contributed by atoms with Crippen LogP contribution >= 0.6 is 0 Å². The first-order valence-electron chi connectivity index (χ1n) is 10.3. The second-order valence-corrected chi connectivity index (χ2v) is 7.73. The van der Waals surface area contributed by atoms with Crippen molar-refractivity contribution in [3.8, 4) is 5.69 Å². The minimum atomic E-state index is -0.130. The van der Waals surface area contributed by atoms with Gasteiger partial charge >= 0.3 is 0 Å². The summed E-state index contributed by atoms with van der Waals surface area (Å²) in [5.41, 5.74) is 3.56. The van der Waals surface area contributed by atoms with Gasteiger partial charge in [-0.2, -0.15) is 0 Å². The lowest BCUT2D eigenvalue weighted by atomic mass is 10.1. The van der Waals surface area contributed by atoms with Crippen LogP contribution in [0, 0.1) is 6.92 Å². The van der Waals surface area contributed by atoms with Crippen molar-refractivity contribution >= 4 is 27.8 Å². The summed E-state index contributed by atoms with van der Waals surface area (Å²) in [5, 5.41) is 0.559. The van der Waals surface area contributed by atoms with Gasteiger partial charge in [-0.25, -0.2) is 9.97 Å². The Kier molecular flexibility index (Phi) is 4.78. The molecule has 0 spiro atoms. The van der Waals surface area contributed by atoms with Crippen molar-refractivity contribution in [1.82, 2.24) is 24.4 Å². The molecule has 1 amide bonds. The SMILES string of the molecule is Cc1nc2ccccc2c(=O)n1-c1ccc(C(=O)N(C)Cc2nc3ccccc3[nH]2)cc1. The highest BCUT2D eigenvalue weighted by Crippen LogP contribution is 2.16. The fourth-order valence-electron chi connectivity index (χ4n) is 3.90. The monoisotopic (exact) mass is 423 g/mol. The van der Waals surface area contributed by atoms with E-state index < -0.39 is 0 Å². The van der Waals surface area contributed by atoms with Gasteiger partial charge in [-0.1, -0.05) is 24.3 Å². The van der Waals surface area contributed by atoms with Crippen LogP contribution in [0.4, 0.5) is 0 Å². The second-order valence-electron chi connectivity index (χ2n) is 7.73. The molecule has 0 bridgehead atoms. The summed E-state index contributed by atoms with van der Waals surface area (Å²) in [6.07, 6.45) is 0. The van der Waals surface area contributed by atoms with E-state index in [1.54, 1.807) is 53.8 Å². The zero-order valence-corrected chi connectivity index (χ0v) is 17.7. The lowest BCUT2D eigenvalue weighted by Crippen LogP contribution is -2.27. The van der Waals surface area contributed by atoms with Crippen molar-refractivity contribution in [1.29, 1.82) is 0 Å². The van der Waals surface area contributed by atoms with Gasteiger partial charge in [0.1, 0.15) is 11.6 Å². The van der Waals surface area contributed by atoms with E-state index >= 15 is 0 Å². The smallest absolute Gasteiger partial charge is 0.265 e. The Morgan fingerprint density at radius 2 is 1.62 bits per heavy atom. The molecule has 0 unspecified atom stereocenters. The van der Waals surface area contributed by atoms with Crippen LogP contribution in [0.25, 0.3) is 27.6 Å². The van der Waals surface area contributed by atoms with E-state index in [2.05, 4.69) is 15.0 Å². The van der Waals surface area contributed by atoms with E-state index in [9.17, 15) is 9.59 Å². The predicted molar refractivity (Wildman–Crippen MR) is 124 cm³/mol. The zero-order valence-electron chi connectivity index (χ0n) is 17.7. The van der Waals surface area contributed by atoms with Crippen LogP contribution < -0.4 is 5.56 Å². The van der Waals surface area contributed by atoms with Gasteiger partial charge in [0.25, 0.3) is 11.5 Å². The van der Waals surface area contributed by atoms with Crippen LogP contribution in [-0.2, 0) is 6.54 Å². The molecule has 2 heterocycles. The molecule has 0 saturated carbocycles. The van der Waals surface area contributed by atoms with Crippen LogP contribution in [-0.4, -0.2) is 37.4 Å². The fraction of sp³-hybridized carbons (Fsp3) is 0.120. The molecular weight excluding hydrogens is 402 g/mol. The Morgan fingerprint density at radius 3 is 2.38 bits per heavy atom. The highest BCUT2D eigenvalue weighted by molar-refractivity contribution is 5.94. The molecule has 7 heteroatoms. The minimum absolute atomic E-state index is 0.127. The van der Waals surface area contributed by atoms with Crippen molar-refractivity contribution in [2.45, 2.75) is 13.5 Å². The third-order valence-electron chi connectivity index (χ3n) is 5.49. The average molecular weight is 423 g/mol. The molecule has 5 aromatic rings. The summed E-state index contributed by atoms with van der Waals surface area (Å²) in [7, 11) is 1.74. The Bertz CT molecular complexity index is 1480. The topological polar surface area (TPSA) is 83.9 Å². The largest absolute Gasteiger partial charge is 0.340 e. The summed E-state index contributed by atoms with van der Waals surface area (Å²) >= 11 is 0. The number of aryl methyl sites for hydroxylation is 1. The number of imidazole rings is 1. The Hall–Kier alpha value is -4.26. The number of nitrogens with zero attached hydrogens (tertiary/aromatic N) is 4. The molecule has 0 saturated heterocycles. The number of hydrogen-bond acceptors (Lipinski definition) is 4. The molecule has 5 rings (SSSR count). The Balaban J connectivity index is 1.40. The van der Waals surface area contributed by atoms with E-state index in [0.717, 1.165) is 16.9 Å². The summed E-state index contributed by atoms with van der Waals surface area (Å²) in [6, 6.07) is 22.0. The predicted octanol–water partition coefficient (Wildman–Crippen LogP) is 3.84. The molecule has 7 nitrogen and oxygen atoms in total. The van der Waals surface area contributed by atoms with Crippen LogP contribution in [0.5, 0.6) is 0 Å². The van der Waals surface area contributed by atoms with Crippen LogP contribution in [0.1, 0.15) is 22.0 Å². The minimum Gasteiger partial charge on any atom is -0.340 e. The van der Waals surface area contributed by atoms with Gasteiger partial charge in [-0.3, -0.25) is 14.2 Å². The third-order valence-corrected chi connectivity index (χ3v) is 5.49. The van der Waals surface area contributed by atoms with Gasteiger partial charge in [0.2, 0.25) is 0 Å². The second kappa shape index (κ2) is 7.77. The number of aromatic nitrogens is 4. The zero-order chi connectivity index (χ0) is 22.2. The number of hydrogen-bond donors (Lipinski definition) is 1. The summed E-state index contributed by atoms with van der Waals surface area (Å²) in [6.45, 7) is 2.16. The van der Waals surface area contributed by atoms with Gasteiger partial charge in [0.15, 0.2) is 0 Å². The van der Waals surface area contributed by atoms with Gasteiger partial charge in [-0.15, -0.1) is 0 Å². The molecule has 32 heavy (non-hydrogen) atoms. The van der Waals surface area contributed by atoms with Gasteiger partial charge < -0.3 is 9.88 Å². The first kappa shape index (κ1) is 19.7. The third kappa shape index (κ3) is 3.43. The quantitative estimate of drug-likeness (QED) is 0.476. The van der Waals surface area contributed by atoms with Gasteiger partial charge in [0.05, 0.1) is 34.2 Å². The maximum absolute atomic E-state index is 13.0. The van der Waals surface area contributed by atoms with Crippen molar-refractivity contribution in [3.63, 3.8) is 0 Å². The van der Waals surface area contributed by atoms with E-state index in [0.29, 0.717) is 34.5 Å². The molecule has 2 aromatic heterocycles. The maximum Gasteiger partial charge on any atom is 0.265 e. The molecular formula is C25H21N5O2. The number of para-hydroxylation sites is 3. The summed E-state index contributed by atoms with van der Waals surface area (Å²) in [4.78, 5) is 39.8. The first-order valence-corrected chi connectivity index (χ1v) is 10.3. The highest BCUT2D eigenvalue weighted by Gasteiger charge is 2.15. The maximum atomic E-state index is 13.0. The van der Waals surface area contributed by atoms with Crippen LogP contribution in [0.3, 0.4) is 0 Å². The highest BCUT2D eigenvalue weighted by atomic mass is 16.2. The van der Waals surface area contributed by atoms with E-state index in [4.69, 9.17) is 0 Å². The molecule has 0 atom stereocenters. The van der Waals surface area contributed by atoms with Crippen LogP contribution in [0.2, 0.25) is 0 Å². The number of amides is 1. The Labute approximate surface area is 184 Å². The average Bonchev–Trinajstić information content (AvgIpc) is 3.21. The van der Waals surface area contributed by atoms with Gasteiger partial charge in [-0.05, 0) is 55.5 Å². The summed E-state index contributed by atoms with van der Waals surface area (Å²) < 4.78 is 1.56. The molecule has 158 valence electrons. The number of carbonyl (C=O) groups is 1. The van der Waals surface area contributed by atoms with Crippen LogP contribution in [0.15, 0.2) is 77.6 Å². The lowest BCUT2D eigenvalue weighted by Gasteiger charge is -2.16. The normalized spacial score (nSPS) is 11.2. The lowest BCUT2D eigenvalue weighted by molar-refractivity contribution is 0.0782.